The number of ketones is 6. The zero-order valence-electron chi connectivity index (χ0n) is 48.6. The van der Waals surface area contributed by atoms with Gasteiger partial charge >= 0.3 is 5.97 Å². The molecule has 0 saturated heterocycles. The van der Waals surface area contributed by atoms with Gasteiger partial charge in [-0.05, 0) is 128 Å². The molecule has 0 spiro atoms. The summed E-state index contributed by atoms with van der Waals surface area (Å²) in [7, 11) is 1.23. The molecule has 0 aromatic heterocycles. The first kappa shape index (κ1) is 61.7. The molecule has 3 fully saturated rings. The maximum Gasteiger partial charge on any atom is 0.384 e. The van der Waals surface area contributed by atoms with Crippen LogP contribution >= 0.6 is 0 Å². The van der Waals surface area contributed by atoms with Crippen molar-refractivity contribution < 1.29 is 43.4 Å². The second-order valence-electron chi connectivity index (χ2n) is 24.8. The van der Waals surface area contributed by atoms with E-state index in [1.807, 2.05) is 80.5 Å². The summed E-state index contributed by atoms with van der Waals surface area (Å²) in [6.45, 7) is 46.3. The molecule has 9 rings (SSSR count). The van der Waals surface area contributed by atoms with Gasteiger partial charge in [0.05, 0.1) is 59.8 Å². The number of aliphatic hydroxyl groups excluding tert-OH is 1. The molecule has 15 nitrogen and oxygen atoms in total. The van der Waals surface area contributed by atoms with Gasteiger partial charge in [0, 0.05) is 38.4 Å². The Kier molecular flexibility index (Phi) is 15.7. The summed E-state index contributed by atoms with van der Waals surface area (Å²) in [5.74, 6) is 14.0. The molecule has 9 aliphatic carbocycles. The van der Waals surface area contributed by atoms with Gasteiger partial charge < -0.3 is 24.2 Å². The van der Waals surface area contributed by atoms with Crippen LogP contribution in [0.15, 0.2) is 130 Å². The van der Waals surface area contributed by atoms with Crippen molar-refractivity contribution in [2.24, 2.45) is 66.5 Å². The average Bonchev–Trinajstić information content (AvgIpc) is 0.885. The molecule has 1 N–H and O–H groups in total. The molecule has 84 heavy (non-hydrogen) atoms. The van der Waals surface area contributed by atoms with E-state index in [1.165, 1.54) is 37.5 Å². The summed E-state index contributed by atoms with van der Waals surface area (Å²) < 4.78 is 4.62. The van der Waals surface area contributed by atoms with Gasteiger partial charge in [0.15, 0.2) is 40.5 Å². The topological polar surface area (TPSA) is 233 Å². The van der Waals surface area contributed by atoms with Crippen molar-refractivity contribution in [2.45, 2.75) is 101 Å². The first-order chi connectivity index (χ1) is 39.2. The monoisotopic (exact) mass is 1120 g/mol. The SMILES string of the molecule is [C-]#[N+]C1=CC2(C)C3=CC(=O)C(C#N)=CC3(C#CC(=C)O)CCC2C(C)(C)C1=O.[C-]#[N+]C1=CC2(C)C3=CC(=O)C(C#N)=CC3(C#CC(=O)OC)CCC2C(C)(C)C1=O.[C-]#[N+]C1=CC2(C)C3=CC(=O)C(C#N)=CC3(C#CC=C)CCC2C(C)(C)C1=O. The molecule has 0 aliphatic heterocycles. The molecule has 420 valence electrons. The lowest BCUT2D eigenvalue weighted by Gasteiger charge is -2.56. The fourth-order valence-corrected chi connectivity index (χ4v) is 15.3. The van der Waals surface area contributed by atoms with Crippen LogP contribution in [0.5, 0.6) is 0 Å². The number of aliphatic hydroxyl groups is 1. The lowest BCUT2D eigenvalue weighted by molar-refractivity contribution is -0.134. The van der Waals surface area contributed by atoms with Crippen molar-refractivity contribution in [2.75, 3.05) is 7.11 Å². The first-order valence-corrected chi connectivity index (χ1v) is 27.0. The van der Waals surface area contributed by atoms with Gasteiger partial charge in [0.2, 0.25) is 17.1 Å². The summed E-state index contributed by atoms with van der Waals surface area (Å²) in [6, 6.07) is 5.80. The maximum atomic E-state index is 12.8. The lowest BCUT2D eigenvalue weighted by atomic mass is 9.46. The van der Waals surface area contributed by atoms with Crippen LogP contribution in [0.3, 0.4) is 0 Å². The predicted octanol–water partition coefficient (Wildman–Crippen LogP) is 10.7. The number of allylic oxidation sites excluding steroid dienone is 20. The van der Waals surface area contributed by atoms with E-state index < -0.39 is 66.3 Å². The van der Waals surface area contributed by atoms with E-state index in [4.69, 9.17) is 19.7 Å². The number of carbonyl (C=O) groups is 7. The van der Waals surface area contributed by atoms with Crippen LogP contribution in [0, 0.1) is 156 Å². The van der Waals surface area contributed by atoms with Gasteiger partial charge in [-0.25, -0.2) is 19.3 Å². The van der Waals surface area contributed by atoms with E-state index in [-0.39, 0.29) is 80.5 Å². The highest BCUT2D eigenvalue weighted by Crippen LogP contribution is 2.66. The molecule has 0 bridgehead atoms. The van der Waals surface area contributed by atoms with E-state index in [2.05, 4.69) is 68.0 Å². The number of hydrogen-bond acceptors (Lipinski definition) is 12. The largest absolute Gasteiger partial charge is 0.501 e. The van der Waals surface area contributed by atoms with Gasteiger partial charge in [-0.15, -0.1) is 0 Å². The summed E-state index contributed by atoms with van der Waals surface area (Å²) in [5, 5.41) is 37.6. The Bertz CT molecular complexity index is 3970. The molecule has 0 aromatic carbocycles. The van der Waals surface area contributed by atoms with Gasteiger partial charge in [0.1, 0.15) is 18.2 Å². The fourth-order valence-electron chi connectivity index (χ4n) is 15.3. The van der Waals surface area contributed by atoms with Crippen molar-refractivity contribution in [3.05, 3.63) is 164 Å². The van der Waals surface area contributed by atoms with Crippen molar-refractivity contribution in [3.63, 3.8) is 0 Å². The average molecular weight is 1120 g/mol. The number of nitrogens with zero attached hydrogens (tertiary/aromatic N) is 6. The van der Waals surface area contributed by atoms with Crippen LogP contribution in [-0.2, 0) is 38.3 Å². The number of carbonyl (C=O) groups excluding carboxylic acids is 7. The number of nitriles is 3. The first-order valence-electron chi connectivity index (χ1n) is 27.0. The zero-order valence-corrected chi connectivity index (χ0v) is 48.6. The molecule has 9 unspecified atom stereocenters. The third-order valence-corrected chi connectivity index (χ3v) is 19.1. The standard InChI is InChI=1S/C23H20N2O4.C23H20N2O3.C23H20N2O2/c1-21(2)17-6-8-23(9-7-19(27)29-5)11-14(13-24)16(26)10-18(23)22(17,3)12-15(25-4)20(21)28;1-14(26)6-8-23-9-7-18-21(2,3)20(28)16(25-5)12-22(18,4)19(23)10-17(27)15(11-23)13-24;1-6-7-9-23-10-8-18-21(2,3)20(27)16(25-5)13-22(18,4)19(23)11-17(26)15(12-23)14-24/h10-12,17H,6,8H2,1-3,5H3;10-12,18,26H,1,7,9H2,2-4H3;6,11-13,18H,1,8,10H2,2-4H3. The lowest BCUT2D eigenvalue weighted by Crippen LogP contribution is -2.53. The molecule has 9 atom stereocenters. The summed E-state index contributed by atoms with van der Waals surface area (Å²) in [6.07, 6.45) is 19.0. The van der Waals surface area contributed by atoms with Crippen LogP contribution in [0.25, 0.3) is 14.5 Å². The van der Waals surface area contributed by atoms with E-state index >= 15 is 0 Å². The Balaban J connectivity index is 0.000000181. The number of ether oxygens (including phenoxy) is 1. The number of methoxy groups -OCH3 is 1. The number of hydrogen-bond donors (Lipinski definition) is 1. The normalized spacial score (nSPS) is 32.7. The van der Waals surface area contributed by atoms with Crippen LogP contribution in [0.4, 0.5) is 0 Å². The molecule has 3 saturated carbocycles. The Labute approximate surface area is 490 Å². The molecule has 0 heterocycles. The Morgan fingerprint density at radius 2 is 0.857 bits per heavy atom. The third kappa shape index (κ3) is 9.56. The van der Waals surface area contributed by atoms with Crippen LogP contribution in [-0.4, -0.2) is 52.9 Å². The minimum Gasteiger partial charge on any atom is -0.501 e. The predicted molar refractivity (Wildman–Crippen MR) is 308 cm³/mol. The molecular weight excluding hydrogens is 1060 g/mol. The Morgan fingerprint density at radius 1 is 0.560 bits per heavy atom. The van der Waals surface area contributed by atoms with Crippen molar-refractivity contribution >= 4 is 40.7 Å². The van der Waals surface area contributed by atoms with Crippen molar-refractivity contribution in [1.29, 1.82) is 15.8 Å². The maximum absolute atomic E-state index is 12.8. The molecular formula is C69H60N6O9. The molecule has 0 radical (unpaired) electrons. The number of fused-ring (bicyclic) bond motifs is 9. The van der Waals surface area contributed by atoms with E-state index in [9.17, 15) is 54.5 Å². The fraction of sp³-hybridized carbons (Fsp3) is 0.406. The summed E-state index contributed by atoms with van der Waals surface area (Å²) in [5.41, 5.74) is -4.92. The third-order valence-electron chi connectivity index (χ3n) is 19.1. The second-order valence-corrected chi connectivity index (χ2v) is 24.8. The summed E-state index contributed by atoms with van der Waals surface area (Å²) in [4.78, 5) is 98.0. The molecule has 0 amide bonds. The van der Waals surface area contributed by atoms with E-state index in [0.29, 0.717) is 49.7 Å². The van der Waals surface area contributed by atoms with Crippen LogP contribution < -0.4 is 0 Å². The minimum atomic E-state index is -1.02. The minimum absolute atomic E-state index is 0.00387. The zero-order chi connectivity index (χ0) is 62.6. The van der Waals surface area contributed by atoms with Crippen LogP contribution in [0.2, 0.25) is 0 Å². The smallest absolute Gasteiger partial charge is 0.384 e. The highest BCUT2D eigenvalue weighted by molar-refractivity contribution is 6.12. The van der Waals surface area contributed by atoms with E-state index in [1.54, 1.807) is 30.4 Å². The molecule has 9 aliphatic rings. The second kappa shape index (κ2) is 21.4. The summed E-state index contributed by atoms with van der Waals surface area (Å²) >= 11 is 0. The molecule has 15 heteroatoms. The number of esters is 1. The van der Waals surface area contributed by atoms with Gasteiger partial charge in [-0.3, -0.25) is 14.4 Å². The Hall–Kier alpha value is -9.95. The highest BCUT2D eigenvalue weighted by Gasteiger charge is 2.63. The van der Waals surface area contributed by atoms with E-state index in [0.717, 1.165) is 5.57 Å². The van der Waals surface area contributed by atoms with Gasteiger partial charge in [-0.1, -0.05) is 111 Å². The van der Waals surface area contributed by atoms with Crippen molar-refractivity contribution in [1.82, 2.24) is 0 Å². The van der Waals surface area contributed by atoms with Gasteiger partial charge in [0.25, 0.3) is 0 Å². The van der Waals surface area contributed by atoms with Gasteiger partial charge in [-0.2, -0.15) is 15.8 Å². The van der Waals surface area contributed by atoms with Crippen LogP contribution in [0.1, 0.15) is 101 Å². The quantitative estimate of drug-likeness (QED) is 0.0784. The van der Waals surface area contributed by atoms with Crippen molar-refractivity contribution in [3.8, 4) is 53.7 Å². The number of Topliss-reactive ketones (excluding diaryl/α,β-unsaturated/α-hetero) is 3. The highest BCUT2D eigenvalue weighted by atomic mass is 16.5. The molecule has 0 aromatic rings. The Morgan fingerprint density at radius 3 is 1.12 bits per heavy atom. The number of rotatable bonds is 0.